The Morgan fingerprint density at radius 2 is 1.60 bits per heavy atom. The Bertz CT molecular complexity index is 583. The van der Waals surface area contributed by atoms with Crippen LogP contribution in [0.4, 0.5) is 0 Å². The van der Waals surface area contributed by atoms with Crippen molar-refractivity contribution in [1.29, 1.82) is 0 Å². The van der Waals surface area contributed by atoms with Gasteiger partial charge in [-0.05, 0) is 22.9 Å². The van der Waals surface area contributed by atoms with Gasteiger partial charge in [-0.15, -0.1) is 0 Å². The number of rotatable bonds is 1. The fraction of sp³-hybridized carbons (Fsp3) is 0. The maximum atomic E-state index is 10.8. The molecule has 2 aromatic rings. The summed E-state index contributed by atoms with van der Waals surface area (Å²) in [6, 6.07) is 11.9. The molecule has 3 nitrogen and oxygen atoms in total. The van der Waals surface area contributed by atoms with Crippen LogP contribution >= 0.6 is 0 Å². The Kier molecular flexibility index (Phi) is 3.92. The minimum absolute atomic E-state index is 0. The van der Waals surface area contributed by atoms with E-state index in [1.807, 2.05) is 18.2 Å². The molecule has 0 aliphatic rings. The van der Waals surface area contributed by atoms with Gasteiger partial charge in [0.1, 0.15) is 0 Å². The number of hydrogen-bond acceptors (Lipinski definition) is 2. The van der Waals surface area contributed by atoms with Crippen LogP contribution in [0.3, 0.4) is 0 Å². The van der Waals surface area contributed by atoms with Crippen LogP contribution in [0.25, 0.3) is 10.8 Å². The van der Waals surface area contributed by atoms with Gasteiger partial charge in [-0.2, -0.15) is 8.42 Å². The molecule has 5 heteroatoms. The average Bonchev–Trinajstić information content (AvgIpc) is 2.16. The standard InChI is InChI=1S/C10H8O3S.Na.H2/c11-14(12,13)10-6-5-8-3-1-2-4-9(8)7-10;;/h1-7H,(H,11,12,13);;1H. The van der Waals surface area contributed by atoms with E-state index in [9.17, 15) is 8.42 Å². The van der Waals surface area contributed by atoms with Crippen molar-refractivity contribution in [2.24, 2.45) is 0 Å². The van der Waals surface area contributed by atoms with Gasteiger partial charge in [0.2, 0.25) is 0 Å². The van der Waals surface area contributed by atoms with Crippen LogP contribution in [-0.2, 0) is 10.1 Å². The van der Waals surface area contributed by atoms with Gasteiger partial charge in [0.25, 0.3) is 10.1 Å². The summed E-state index contributed by atoms with van der Waals surface area (Å²) in [4.78, 5) is -0.0730. The molecule has 0 aliphatic heterocycles. The summed E-state index contributed by atoms with van der Waals surface area (Å²) in [6.45, 7) is 0. The molecule has 1 N–H and O–H groups in total. The second kappa shape index (κ2) is 4.63. The topological polar surface area (TPSA) is 54.4 Å². The van der Waals surface area contributed by atoms with E-state index in [0.29, 0.717) is 0 Å². The molecule has 2 rings (SSSR count). The number of hydrogen-bond donors (Lipinski definition) is 1. The van der Waals surface area contributed by atoms with E-state index in [1.165, 1.54) is 12.1 Å². The van der Waals surface area contributed by atoms with Gasteiger partial charge < -0.3 is 0 Å². The smallest absolute Gasteiger partial charge is 0.282 e. The van der Waals surface area contributed by atoms with E-state index >= 15 is 0 Å². The monoisotopic (exact) mass is 233 g/mol. The van der Waals surface area contributed by atoms with Crippen molar-refractivity contribution in [3.8, 4) is 0 Å². The summed E-state index contributed by atoms with van der Waals surface area (Å²) in [5.74, 6) is 0. The van der Waals surface area contributed by atoms with Gasteiger partial charge in [0.05, 0.1) is 4.90 Å². The first-order chi connectivity index (χ1) is 6.57. The third kappa shape index (κ3) is 2.80. The van der Waals surface area contributed by atoms with Gasteiger partial charge in [0, 0.05) is 31.0 Å². The molecule has 15 heavy (non-hydrogen) atoms. The molecule has 1 radical (unpaired) electrons. The van der Waals surface area contributed by atoms with E-state index in [2.05, 4.69) is 0 Å². The van der Waals surface area contributed by atoms with Crippen LogP contribution in [0, 0.1) is 0 Å². The van der Waals surface area contributed by atoms with Crippen LogP contribution in [0.1, 0.15) is 1.43 Å². The first kappa shape index (κ1) is 12.7. The van der Waals surface area contributed by atoms with E-state index < -0.39 is 10.1 Å². The first-order valence-corrected chi connectivity index (χ1v) is 5.48. The van der Waals surface area contributed by atoms with Crippen molar-refractivity contribution >= 4 is 50.4 Å². The zero-order valence-corrected chi connectivity index (χ0v) is 11.0. The minimum atomic E-state index is -4.09. The summed E-state index contributed by atoms with van der Waals surface area (Å²) in [7, 11) is -4.09. The molecule has 2 aromatic carbocycles. The summed E-state index contributed by atoms with van der Waals surface area (Å²) in [5.41, 5.74) is 0. The van der Waals surface area contributed by atoms with E-state index in [0.717, 1.165) is 10.8 Å². The fourth-order valence-corrected chi connectivity index (χ4v) is 1.84. The van der Waals surface area contributed by atoms with Crippen LogP contribution in [0.5, 0.6) is 0 Å². The molecule has 0 aromatic heterocycles. The van der Waals surface area contributed by atoms with E-state index in [-0.39, 0.29) is 35.9 Å². The van der Waals surface area contributed by atoms with Crippen molar-refractivity contribution < 1.29 is 14.4 Å². The van der Waals surface area contributed by atoms with Crippen molar-refractivity contribution in [3.05, 3.63) is 42.5 Å². The summed E-state index contributed by atoms with van der Waals surface area (Å²) in [6.07, 6.45) is 0. The molecule has 0 saturated carbocycles. The third-order valence-electron chi connectivity index (χ3n) is 2.02. The van der Waals surface area contributed by atoms with Crippen molar-refractivity contribution in [1.82, 2.24) is 0 Å². The molecular formula is C10H10NaO3S. The van der Waals surface area contributed by atoms with Gasteiger partial charge in [-0.3, -0.25) is 4.55 Å². The van der Waals surface area contributed by atoms with Crippen LogP contribution < -0.4 is 0 Å². The van der Waals surface area contributed by atoms with Gasteiger partial charge in [-0.25, -0.2) is 0 Å². The fourth-order valence-electron chi connectivity index (χ4n) is 1.33. The summed E-state index contributed by atoms with van der Waals surface area (Å²) >= 11 is 0. The van der Waals surface area contributed by atoms with Gasteiger partial charge >= 0.3 is 0 Å². The molecule has 0 saturated heterocycles. The molecule has 0 aliphatic carbocycles. The SMILES string of the molecule is O=S(=O)(O)c1ccc2ccccc2c1.[HH].[Na]. The van der Waals surface area contributed by atoms with Crippen molar-refractivity contribution in [3.63, 3.8) is 0 Å². The Morgan fingerprint density at radius 1 is 1.00 bits per heavy atom. The van der Waals surface area contributed by atoms with Gasteiger partial charge in [-0.1, -0.05) is 30.3 Å². The zero-order chi connectivity index (χ0) is 10.2. The predicted molar refractivity (Wildman–Crippen MR) is 61.6 cm³/mol. The molecule has 0 heterocycles. The molecule has 0 fully saturated rings. The van der Waals surface area contributed by atoms with Crippen LogP contribution in [0.15, 0.2) is 47.4 Å². The Morgan fingerprint density at radius 3 is 2.20 bits per heavy atom. The summed E-state index contributed by atoms with van der Waals surface area (Å²) < 4.78 is 30.5. The maximum absolute atomic E-state index is 10.8. The Labute approximate surface area is 112 Å². The largest absolute Gasteiger partial charge is 0.294 e. The normalized spacial score (nSPS) is 11.0. The van der Waals surface area contributed by atoms with E-state index in [1.54, 1.807) is 12.1 Å². The van der Waals surface area contributed by atoms with Gasteiger partial charge in [0.15, 0.2) is 0 Å². The molecule has 0 amide bonds. The molecule has 0 unspecified atom stereocenters. The second-order valence-electron chi connectivity index (χ2n) is 2.98. The summed E-state index contributed by atoms with van der Waals surface area (Å²) in [5, 5.41) is 1.74. The molecule has 0 spiro atoms. The third-order valence-corrected chi connectivity index (χ3v) is 2.87. The molecule has 0 atom stereocenters. The van der Waals surface area contributed by atoms with Crippen molar-refractivity contribution in [2.75, 3.05) is 0 Å². The zero-order valence-electron chi connectivity index (χ0n) is 8.21. The quantitative estimate of drug-likeness (QED) is 0.605. The Balaban J connectivity index is 0.00000112. The maximum Gasteiger partial charge on any atom is 0.294 e. The molecule has 75 valence electrons. The van der Waals surface area contributed by atoms with Crippen LogP contribution in [-0.4, -0.2) is 42.5 Å². The van der Waals surface area contributed by atoms with Crippen molar-refractivity contribution in [2.45, 2.75) is 4.90 Å². The Hall–Kier alpha value is -0.390. The number of fused-ring (bicyclic) bond motifs is 1. The minimum Gasteiger partial charge on any atom is -0.282 e. The first-order valence-electron chi connectivity index (χ1n) is 4.04. The molecular weight excluding hydrogens is 223 g/mol. The predicted octanol–water partition coefficient (Wildman–Crippen LogP) is 1.95. The van der Waals surface area contributed by atoms with E-state index in [4.69, 9.17) is 4.55 Å². The molecule has 0 bridgehead atoms. The average molecular weight is 233 g/mol. The second-order valence-corrected chi connectivity index (χ2v) is 4.41. The van der Waals surface area contributed by atoms with Crippen LogP contribution in [0.2, 0.25) is 0 Å². The number of benzene rings is 2.